The molecule has 114 valence electrons. The molecule has 1 fully saturated rings. The van der Waals surface area contributed by atoms with Crippen LogP contribution in [0.3, 0.4) is 0 Å². The minimum Gasteiger partial charge on any atom is -0.496 e. The summed E-state index contributed by atoms with van der Waals surface area (Å²) in [5.41, 5.74) is 0.747. The third kappa shape index (κ3) is 4.43. The average Bonchev–Trinajstić information content (AvgIpc) is 2.37. The van der Waals surface area contributed by atoms with E-state index in [0.717, 1.165) is 5.56 Å². The molecule has 0 aliphatic carbocycles. The summed E-state index contributed by atoms with van der Waals surface area (Å²) >= 11 is 0. The maximum Gasteiger partial charge on any atom is 0.573 e. The number of benzene rings is 1. The van der Waals surface area contributed by atoms with E-state index in [0.29, 0.717) is 25.5 Å². The first-order valence-electron chi connectivity index (χ1n) is 5.74. The summed E-state index contributed by atoms with van der Waals surface area (Å²) in [6, 6.07) is 3.94. The maximum absolute atomic E-state index is 12.1. The fourth-order valence-corrected chi connectivity index (χ4v) is 1.94. The number of hydrogen-bond acceptors (Lipinski definition) is 4. The summed E-state index contributed by atoms with van der Waals surface area (Å²) in [6.45, 7) is 1.76. The molecule has 0 saturated carbocycles. The molecular weight excluding hydrogens is 299 g/mol. The number of morpholine rings is 1. The summed E-state index contributed by atoms with van der Waals surface area (Å²) in [7, 11) is 1.40. The Labute approximate surface area is 120 Å². The first-order valence-corrected chi connectivity index (χ1v) is 5.74. The van der Waals surface area contributed by atoms with Crippen LogP contribution in [0.15, 0.2) is 18.2 Å². The Kier molecular flexibility index (Phi) is 5.91. The summed E-state index contributed by atoms with van der Waals surface area (Å²) < 4.78 is 50.7. The first kappa shape index (κ1) is 16.9. The molecule has 2 rings (SSSR count). The Morgan fingerprint density at radius 1 is 1.35 bits per heavy atom. The van der Waals surface area contributed by atoms with Crippen molar-refractivity contribution in [2.45, 2.75) is 12.4 Å². The molecule has 0 aromatic heterocycles. The van der Waals surface area contributed by atoms with Crippen molar-refractivity contribution in [3.63, 3.8) is 0 Å². The van der Waals surface area contributed by atoms with Crippen LogP contribution >= 0.6 is 12.4 Å². The minimum absolute atomic E-state index is 0. The fourth-order valence-electron chi connectivity index (χ4n) is 1.94. The van der Waals surface area contributed by atoms with Gasteiger partial charge in [0.1, 0.15) is 11.5 Å². The van der Waals surface area contributed by atoms with Crippen LogP contribution in [0.1, 0.15) is 11.6 Å². The molecule has 1 aliphatic rings. The second kappa shape index (κ2) is 7.01. The van der Waals surface area contributed by atoms with E-state index >= 15 is 0 Å². The molecule has 0 unspecified atom stereocenters. The zero-order chi connectivity index (χ0) is 13.9. The van der Waals surface area contributed by atoms with Gasteiger partial charge in [-0.2, -0.15) is 0 Å². The van der Waals surface area contributed by atoms with Crippen LogP contribution in [0, 0.1) is 0 Å². The zero-order valence-electron chi connectivity index (χ0n) is 10.7. The highest BCUT2D eigenvalue weighted by Gasteiger charge is 2.31. The van der Waals surface area contributed by atoms with Crippen LogP contribution in [0.5, 0.6) is 11.5 Å². The van der Waals surface area contributed by atoms with E-state index in [4.69, 9.17) is 9.47 Å². The van der Waals surface area contributed by atoms with Crippen LogP contribution in [0.25, 0.3) is 0 Å². The highest BCUT2D eigenvalue weighted by Crippen LogP contribution is 2.32. The molecule has 1 aromatic carbocycles. The third-order valence-corrected chi connectivity index (χ3v) is 2.74. The quantitative estimate of drug-likeness (QED) is 0.931. The van der Waals surface area contributed by atoms with E-state index in [-0.39, 0.29) is 24.2 Å². The number of alkyl halides is 3. The number of rotatable bonds is 3. The van der Waals surface area contributed by atoms with Gasteiger partial charge in [-0.25, -0.2) is 0 Å². The van der Waals surface area contributed by atoms with Crippen molar-refractivity contribution in [1.82, 2.24) is 5.32 Å². The molecular formula is C12H15ClF3NO3. The van der Waals surface area contributed by atoms with Crippen LogP contribution in [0.4, 0.5) is 13.2 Å². The van der Waals surface area contributed by atoms with Crippen molar-refractivity contribution in [1.29, 1.82) is 0 Å². The van der Waals surface area contributed by atoms with Crippen molar-refractivity contribution in [2.24, 2.45) is 0 Å². The van der Waals surface area contributed by atoms with Gasteiger partial charge in [0.2, 0.25) is 0 Å². The molecule has 4 nitrogen and oxygen atoms in total. The van der Waals surface area contributed by atoms with Crippen molar-refractivity contribution in [3.8, 4) is 11.5 Å². The van der Waals surface area contributed by atoms with Gasteiger partial charge in [0.05, 0.1) is 26.4 Å². The van der Waals surface area contributed by atoms with E-state index in [1.165, 1.54) is 19.2 Å². The third-order valence-electron chi connectivity index (χ3n) is 2.74. The summed E-state index contributed by atoms with van der Waals surface area (Å²) in [5, 5.41) is 3.21. The van der Waals surface area contributed by atoms with Crippen LogP contribution < -0.4 is 14.8 Å². The predicted octanol–water partition coefficient (Wildman–Crippen LogP) is 2.68. The van der Waals surface area contributed by atoms with Crippen molar-refractivity contribution >= 4 is 12.4 Å². The Morgan fingerprint density at radius 2 is 2.10 bits per heavy atom. The maximum atomic E-state index is 12.1. The lowest BCUT2D eigenvalue weighted by Gasteiger charge is -2.25. The number of ether oxygens (including phenoxy) is 3. The van der Waals surface area contributed by atoms with Gasteiger partial charge in [-0.05, 0) is 12.1 Å². The van der Waals surface area contributed by atoms with Crippen molar-refractivity contribution in [3.05, 3.63) is 23.8 Å². The Morgan fingerprint density at radius 3 is 2.65 bits per heavy atom. The molecule has 1 saturated heterocycles. The van der Waals surface area contributed by atoms with E-state index < -0.39 is 6.36 Å². The lowest BCUT2D eigenvalue weighted by molar-refractivity contribution is -0.274. The molecule has 20 heavy (non-hydrogen) atoms. The van der Waals surface area contributed by atoms with Gasteiger partial charge in [-0.15, -0.1) is 25.6 Å². The number of hydrogen-bond donors (Lipinski definition) is 1. The Hall–Kier alpha value is -1.18. The molecule has 1 aromatic rings. The Balaban J connectivity index is 0.00000200. The SMILES string of the molecule is COc1cc(OC(F)(F)F)ccc1[C@H]1COCCN1.Cl. The monoisotopic (exact) mass is 313 g/mol. The molecule has 0 bridgehead atoms. The molecule has 0 spiro atoms. The van der Waals surface area contributed by atoms with Gasteiger partial charge < -0.3 is 19.5 Å². The highest BCUT2D eigenvalue weighted by molar-refractivity contribution is 5.85. The average molecular weight is 314 g/mol. The van der Waals surface area contributed by atoms with E-state index in [1.807, 2.05) is 0 Å². The number of nitrogens with one attached hydrogen (secondary N) is 1. The Bertz CT molecular complexity index is 436. The molecule has 0 radical (unpaired) electrons. The van der Waals surface area contributed by atoms with Gasteiger partial charge in [0.25, 0.3) is 0 Å². The first-order chi connectivity index (χ1) is 8.99. The number of methoxy groups -OCH3 is 1. The smallest absolute Gasteiger partial charge is 0.496 e. The van der Waals surface area contributed by atoms with Crippen LogP contribution in [-0.2, 0) is 4.74 Å². The van der Waals surface area contributed by atoms with Crippen molar-refractivity contribution < 1.29 is 27.4 Å². The second-order valence-corrected chi connectivity index (χ2v) is 4.03. The lowest BCUT2D eigenvalue weighted by atomic mass is 10.1. The fraction of sp³-hybridized carbons (Fsp3) is 0.500. The minimum atomic E-state index is -4.71. The normalized spacial score (nSPS) is 19.1. The van der Waals surface area contributed by atoms with Gasteiger partial charge in [0, 0.05) is 18.2 Å². The second-order valence-electron chi connectivity index (χ2n) is 4.03. The molecule has 1 heterocycles. The molecule has 1 atom stereocenters. The predicted molar refractivity (Wildman–Crippen MR) is 68.5 cm³/mol. The molecule has 1 aliphatic heterocycles. The van der Waals surface area contributed by atoms with Gasteiger partial charge in [0.15, 0.2) is 0 Å². The van der Waals surface area contributed by atoms with Gasteiger partial charge in [-0.1, -0.05) is 0 Å². The van der Waals surface area contributed by atoms with Gasteiger partial charge >= 0.3 is 6.36 Å². The number of halogens is 4. The molecule has 1 N–H and O–H groups in total. The molecule has 8 heteroatoms. The summed E-state index contributed by atoms with van der Waals surface area (Å²) in [6.07, 6.45) is -4.71. The molecule has 0 amide bonds. The zero-order valence-corrected chi connectivity index (χ0v) is 11.5. The largest absolute Gasteiger partial charge is 0.573 e. The van der Waals surface area contributed by atoms with E-state index in [1.54, 1.807) is 6.07 Å². The van der Waals surface area contributed by atoms with E-state index in [2.05, 4.69) is 10.1 Å². The summed E-state index contributed by atoms with van der Waals surface area (Å²) in [5.74, 6) is 0.0366. The topological polar surface area (TPSA) is 39.7 Å². The van der Waals surface area contributed by atoms with E-state index in [9.17, 15) is 13.2 Å². The standard InChI is InChI=1S/C12H14F3NO3.ClH/c1-17-11-6-8(19-12(13,14)15)2-3-9(11)10-7-18-5-4-16-10;/h2-3,6,10,16H,4-5,7H2,1H3;1H/t10-;/m1./s1. The van der Waals surface area contributed by atoms with Crippen LogP contribution in [0.2, 0.25) is 0 Å². The highest BCUT2D eigenvalue weighted by atomic mass is 35.5. The summed E-state index contributed by atoms with van der Waals surface area (Å²) in [4.78, 5) is 0. The lowest BCUT2D eigenvalue weighted by Crippen LogP contribution is -2.34. The van der Waals surface area contributed by atoms with Gasteiger partial charge in [-0.3, -0.25) is 0 Å². The van der Waals surface area contributed by atoms with Crippen LogP contribution in [-0.4, -0.2) is 33.2 Å². The van der Waals surface area contributed by atoms with Crippen molar-refractivity contribution in [2.75, 3.05) is 26.9 Å².